The third-order valence-corrected chi connectivity index (χ3v) is 4.00. The van der Waals surface area contributed by atoms with Gasteiger partial charge in [-0.05, 0) is 31.2 Å². The predicted molar refractivity (Wildman–Crippen MR) is 93.2 cm³/mol. The second-order valence-electron chi connectivity index (χ2n) is 5.16. The molecule has 2 aromatic carbocycles. The average molecular weight is 365 g/mol. The van der Waals surface area contributed by atoms with Crippen LogP contribution >= 0.6 is 23.2 Å². The number of benzene rings is 2. The summed E-state index contributed by atoms with van der Waals surface area (Å²) in [6, 6.07) is 12.3. The van der Waals surface area contributed by atoms with E-state index in [1.807, 2.05) is 12.1 Å². The number of nitrogens with zero attached hydrogens (tertiary/aromatic N) is 1. The van der Waals surface area contributed by atoms with Crippen molar-refractivity contribution in [3.05, 3.63) is 58.1 Å². The quantitative estimate of drug-likeness (QED) is 0.667. The highest BCUT2D eigenvalue weighted by Crippen LogP contribution is 2.30. The molecule has 1 aliphatic heterocycles. The monoisotopic (exact) mass is 364 g/mol. The fraction of sp³-hybridized carbons (Fsp3) is 0.176. The van der Waals surface area contributed by atoms with Crippen LogP contribution in [0.5, 0.6) is 11.5 Å². The highest BCUT2D eigenvalue weighted by molar-refractivity contribution is 6.37. The van der Waals surface area contributed by atoms with Gasteiger partial charge in [-0.15, -0.1) is 0 Å². The Morgan fingerprint density at radius 1 is 1.21 bits per heavy atom. The van der Waals surface area contributed by atoms with E-state index in [9.17, 15) is 4.79 Å². The van der Waals surface area contributed by atoms with Crippen LogP contribution in [0.3, 0.4) is 0 Å². The van der Waals surface area contributed by atoms with Crippen molar-refractivity contribution in [2.75, 3.05) is 6.61 Å². The third kappa shape index (κ3) is 3.63. The summed E-state index contributed by atoms with van der Waals surface area (Å²) in [5.74, 6) is 0.758. The van der Waals surface area contributed by atoms with E-state index >= 15 is 0 Å². The molecule has 3 rings (SSSR count). The molecule has 1 aliphatic rings. The van der Waals surface area contributed by atoms with Crippen molar-refractivity contribution in [2.45, 2.75) is 13.0 Å². The van der Waals surface area contributed by atoms with Crippen LogP contribution < -0.4 is 14.9 Å². The van der Waals surface area contributed by atoms with E-state index in [-0.39, 0.29) is 6.61 Å². The molecular weight excluding hydrogens is 351 g/mol. The normalized spacial score (nSPS) is 16.6. The number of carbonyl (C=O) groups is 1. The van der Waals surface area contributed by atoms with E-state index in [1.165, 1.54) is 0 Å². The molecule has 0 bridgehead atoms. The molecule has 0 aromatic heterocycles. The van der Waals surface area contributed by atoms with E-state index in [2.05, 4.69) is 10.5 Å². The maximum absolute atomic E-state index is 12.2. The van der Waals surface area contributed by atoms with Crippen molar-refractivity contribution in [1.29, 1.82) is 0 Å². The van der Waals surface area contributed by atoms with E-state index < -0.39 is 12.0 Å². The Labute approximate surface area is 149 Å². The largest absolute Gasteiger partial charge is 0.485 e. The topological polar surface area (TPSA) is 59.9 Å². The second-order valence-corrected chi connectivity index (χ2v) is 6.01. The van der Waals surface area contributed by atoms with Crippen LogP contribution in [0.1, 0.15) is 12.5 Å². The minimum atomic E-state index is -0.767. The molecule has 2 aromatic rings. The number of nitrogens with one attached hydrogen (secondary N) is 1. The standard InChI is InChI=1S/C17H14Cl2N2O3/c1-10(12-7-6-11(18)8-13(12)19)20-21-17(22)16-9-23-14-4-2-3-5-15(14)24-16/h2-8,16H,9H2,1H3,(H,21,22). The first-order valence-corrected chi connectivity index (χ1v) is 7.98. The Bertz CT molecular complexity index is 808. The van der Waals surface area contributed by atoms with Gasteiger partial charge in [0.25, 0.3) is 5.91 Å². The van der Waals surface area contributed by atoms with Gasteiger partial charge < -0.3 is 9.47 Å². The highest BCUT2D eigenvalue weighted by Gasteiger charge is 2.27. The van der Waals surface area contributed by atoms with Crippen molar-refractivity contribution >= 4 is 34.8 Å². The average Bonchev–Trinajstić information content (AvgIpc) is 2.59. The van der Waals surface area contributed by atoms with E-state index in [4.69, 9.17) is 32.7 Å². The number of amides is 1. The van der Waals surface area contributed by atoms with Gasteiger partial charge in [0.2, 0.25) is 6.10 Å². The number of rotatable bonds is 3. The van der Waals surface area contributed by atoms with Crippen LogP contribution in [-0.4, -0.2) is 24.3 Å². The molecule has 0 radical (unpaired) electrons. The zero-order valence-electron chi connectivity index (χ0n) is 12.8. The molecule has 1 atom stereocenters. The number of fused-ring (bicyclic) bond motifs is 1. The lowest BCUT2D eigenvalue weighted by molar-refractivity contribution is -0.130. The van der Waals surface area contributed by atoms with Crippen LogP contribution in [0.4, 0.5) is 0 Å². The van der Waals surface area contributed by atoms with Gasteiger partial charge in [-0.1, -0.05) is 41.4 Å². The number of halogens is 2. The van der Waals surface area contributed by atoms with E-state index in [0.717, 1.165) is 0 Å². The van der Waals surface area contributed by atoms with Crippen molar-refractivity contribution in [1.82, 2.24) is 5.43 Å². The molecule has 1 unspecified atom stereocenters. The number of para-hydroxylation sites is 2. The molecule has 1 N–H and O–H groups in total. The van der Waals surface area contributed by atoms with Crippen molar-refractivity contribution < 1.29 is 14.3 Å². The molecular formula is C17H14Cl2N2O3. The van der Waals surface area contributed by atoms with Gasteiger partial charge in [-0.3, -0.25) is 4.79 Å². The Balaban J connectivity index is 1.67. The van der Waals surface area contributed by atoms with Crippen molar-refractivity contribution in [3.8, 4) is 11.5 Å². The van der Waals surface area contributed by atoms with Crippen LogP contribution in [0.2, 0.25) is 10.0 Å². The Kier molecular flexibility index (Phi) is 4.92. The number of carbonyl (C=O) groups excluding carboxylic acids is 1. The first kappa shape index (κ1) is 16.6. The summed E-state index contributed by atoms with van der Waals surface area (Å²) in [4.78, 5) is 12.2. The molecule has 0 spiro atoms. The third-order valence-electron chi connectivity index (χ3n) is 3.46. The molecule has 5 nitrogen and oxygen atoms in total. The summed E-state index contributed by atoms with van der Waals surface area (Å²) < 4.78 is 11.1. The van der Waals surface area contributed by atoms with Crippen LogP contribution in [0.25, 0.3) is 0 Å². The van der Waals surface area contributed by atoms with Gasteiger partial charge in [0.05, 0.1) is 10.7 Å². The minimum absolute atomic E-state index is 0.124. The molecule has 7 heteroatoms. The molecule has 1 heterocycles. The van der Waals surface area contributed by atoms with Gasteiger partial charge in [-0.2, -0.15) is 5.10 Å². The molecule has 1 amide bonds. The minimum Gasteiger partial charge on any atom is -0.485 e. The second kappa shape index (κ2) is 7.11. The Morgan fingerprint density at radius 3 is 2.71 bits per heavy atom. The zero-order valence-corrected chi connectivity index (χ0v) is 14.3. The molecule has 24 heavy (non-hydrogen) atoms. The van der Waals surface area contributed by atoms with Crippen LogP contribution in [0.15, 0.2) is 47.6 Å². The highest BCUT2D eigenvalue weighted by atomic mass is 35.5. The fourth-order valence-electron chi connectivity index (χ4n) is 2.20. The molecule has 0 fully saturated rings. The van der Waals surface area contributed by atoms with Gasteiger partial charge in [0, 0.05) is 10.6 Å². The molecule has 124 valence electrons. The van der Waals surface area contributed by atoms with Crippen molar-refractivity contribution in [3.63, 3.8) is 0 Å². The lowest BCUT2D eigenvalue weighted by atomic mass is 10.1. The maximum atomic E-state index is 12.2. The lowest BCUT2D eigenvalue weighted by Crippen LogP contribution is -2.42. The van der Waals surface area contributed by atoms with Gasteiger partial charge in [0.15, 0.2) is 11.5 Å². The van der Waals surface area contributed by atoms with E-state index in [0.29, 0.717) is 32.8 Å². The SMILES string of the molecule is CC(=NNC(=O)C1COc2ccccc2O1)c1ccc(Cl)cc1Cl. The number of ether oxygens (including phenoxy) is 2. The lowest BCUT2D eigenvalue weighted by Gasteiger charge is -2.24. The van der Waals surface area contributed by atoms with E-state index in [1.54, 1.807) is 37.3 Å². The number of hydrazone groups is 1. The first-order valence-electron chi connectivity index (χ1n) is 7.22. The summed E-state index contributed by atoms with van der Waals surface area (Å²) in [5.41, 5.74) is 3.72. The van der Waals surface area contributed by atoms with Crippen molar-refractivity contribution in [2.24, 2.45) is 5.10 Å². The van der Waals surface area contributed by atoms with Gasteiger partial charge >= 0.3 is 0 Å². The van der Waals surface area contributed by atoms with Crippen LogP contribution in [-0.2, 0) is 4.79 Å². The molecule has 0 saturated heterocycles. The predicted octanol–water partition coefficient (Wildman–Crippen LogP) is 3.67. The summed E-state index contributed by atoms with van der Waals surface area (Å²) in [5, 5.41) is 5.07. The number of hydrogen-bond donors (Lipinski definition) is 1. The smallest absolute Gasteiger partial charge is 0.284 e. The molecule has 0 saturated carbocycles. The summed E-state index contributed by atoms with van der Waals surface area (Å²) in [6.45, 7) is 1.86. The van der Waals surface area contributed by atoms with Gasteiger partial charge in [-0.25, -0.2) is 5.43 Å². The van der Waals surface area contributed by atoms with Crippen LogP contribution in [0, 0.1) is 0 Å². The summed E-state index contributed by atoms with van der Waals surface area (Å²) in [7, 11) is 0. The zero-order chi connectivity index (χ0) is 17.1. The number of hydrogen-bond acceptors (Lipinski definition) is 4. The van der Waals surface area contributed by atoms with Gasteiger partial charge in [0.1, 0.15) is 6.61 Å². The molecule has 0 aliphatic carbocycles. The summed E-state index contributed by atoms with van der Waals surface area (Å²) >= 11 is 12.0. The summed E-state index contributed by atoms with van der Waals surface area (Å²) in [6.07, 6.45) is -0.767. The fourth-order valence-corrected chi connectivity index (χ4v) is 2.75. The maximum Gasteiger partial charge on any atom is 0.284 e. The first-order chi connectivity index (χ1) is 11.5. The Morgan fingerprint density at radius 2 is 1.96 bits per heavy atom. The Hall–Kier alpha value is -2.24.